The van der Waals surface area contributed by atoms with Gasteiger partial charge in [-0.2, -0.15) is 0 Å². The molecule has 76 valence electrons. The van der Waals surface area contributed by atoms with Crippen molar-refractivity contribution in [3.05, 3.63) is 0 Å². The first-order chi connectivity index (χ1) is 6.15. The maximum atomic E-state index is 5.56. The van der Waals surface area contributed by atoms with Crippen LogP contribution in [0.25, 0.3) is 0 Å². The van der Waals surface area contributed by atoms with Crippen LogP contribution in [0.5, 0.6) is 0 Å². The minimum Gasteiger partial charge on any atom is -0.376 e. The van der Waals surface area contributed by atoms with Gasteiger partial charge >= 0.3 is 0 Å². The first-order valence-electron chi connectivity index (χ1n) is 4.93. The number of piperazine rings is 1. The van der Waals surface area contributed by atoms with Gasteiger partial charge < -0.3 is 10.6 Å². The molecule has 1 fully saturated rings. The molecule has 0 saturated carbocycles. The molecule has 1 unspecified atom stereocenters. The van der Waals surface area contributed by atoms with Crippen molar-refractivity contribution >= 4 is 17.3 Å². The predicted octanol–water partition coefficient (Wildman–Crippen LogP) is 0.646. The van der Waals surface area contributed by atoms with Crippen molar-refractivity contribution in [1.29, 1.82) is 0 Å². The molecular formula is C9H19N3S. The summed E-state index contributed by atoms with van der Waals surface area (Å²) in [6.07, 6.45) is 1.22. The van der Waals surface area contributed by atoms with Crippen molar-refractivity contribution < 1.29 is 0 Å². The largest absolute Gasteiger partial charge is 0.376 e. The Kier molecular flexibility index (Phi) is 3.93. The van der Waals surface area contributed by atoms with E-state index in [1.165, 1.54) is 6.42 Å². The standard InChI is InChI=1S/C9H19N3S/c1-3-8(2)11-4-6-12(7-5-11)9(10)13/h8H,3-7H2,1-2H3,(H2,10,13). The summed E-state index contributed by atoms with van der Waals surface area (Å²) >= 11 is 4.93. The molecule has 0 bridgehead atoms. The summed E-state index contributed by atoms with van der Waals surface area (Å²) in [7, 11) is 0. The lowest BCUT2D eigenvalue weighted by Crippen LogP contribution is -2.52. The van der Waals surface area contributed by atoms with Gasteiger partial charge in [-0.1, -0.05) is 6.92 Å². The van der Waals surface area contributed by atoms with Crippen molar-refractivity contribution in [3.8, 4) is 0 Å². The van der Waals surface area contributed by atoms with E-state index in [1.54, 1.807) is 0 Å². The molecule has 0 aromatic carbocycles. The lowest BCUT2D eigenvalue weighted by atomic mass is 10.2. The molecule has 4 heteroatoms. The zero-order valence-corrected chi connectivity index (χ0v) is 9.31. The number of hydrogen-bond acceptors (Lipinski definition) is 2. The molecule has 1 rings (SSSR count). The first kappa shape index (κ1) is 10.7. The molecule has 3 nitrogen and oxygen atoms in total. The van der Waals surface area contributed by atoms with Gasteiger partial charge in [-0.25, -0.2) is 0 Å². The van der Waals surface area contributed by atoms with E-state index in [0.717, 1.165) is 26.2 Å². The van der Waals surface area contributed by atoms with Gasteiger partial charge in [-0.15, -0.1) is 0 Å². The van der Waals surface area contributed by atoms with Crippen molar-refractivity contribution in [2.45, 2.75) is 26.3 Å². The summed E-state index contributed by atoms with van der Waals surface area (Å²) in [6, 6.07) is 0.688. The summed E-state index contributed by atoms with van der Waals surface area (Å²) in [5, 5.41) is 0.545. The molecule has 0 aromatic rings. The van der Waals surface area contributed by atoms with E-state index in [1.807, 2.05) is 0 Å². The third-order valence-corrected chi connectivity index (χ3v) is 3.10. The molecule has 1 aliphatic rings. The molecule has 13 heavy (non-hydrogen) atoms. The molecule has 0 amide bonds. The van der Waals surface area contributed by atoms with E-state index >= 15 is 0 Å². The average molecular weight is 201 g/mol. The van der Waals surface area contributed by atoms with Gasteiger partial charge in [-0.05, 0) is 25.6 Å². The lowest BCUT2D eigenvalue weighted by molar-refractivity contribution is 0.138. The Bertz CT molecular complexity index is 176. The van der Waals surface area contributed by atoms with Crippen molar-refractivity contribution in [1.82, 2.24) is 9.80 Å². The van der Waals surface area contributed by atoms with Crippen LogP contribution in [-0.4, -0.2) is 47.1 Å². The number of rotatable bonds is 2. The molecule has 2 N–H and O–H groups in total. The SMILES string of the molecule is CCC(C)N1CCN(C(N)=S)CC1. The van der Waals surface area contributed by atoms with Crippen LogP contribution >= 0.6 is 12.2 Å². The Morgan fingerprint density at radius 1 is 1.38 bits per heavy atom. The summed E-state index contributed by atoms with van der Waals surface area (Å²) < 4.78 is 0. The Labute approximate surface area is 85.9 Å². The average Bonchev–Trinajstić information content (AvgIpc) is 2.17. The maximum absolute atomic E-state index is 5.56. The lowest BCUT2D eigenvalue weighted by Gasteiger charge is -2.38. The van der Waals surface area contributed by atoms with E-state index in [0.29, 0.717) is 11.2 Å². The van der Waals surface area contributed by atoms with Crippen LogP contribution in [0, 0.1) is 0 Å². The van der Waals surface area contributed by atoms with E-state index in [4.69, 9.17) is 18.0 Å². The fourth-order valence-corrected chi connectivity index (χ4v) is 1.82. The summed E-state index contributed by atoms with van der Waals surface area (Å²) in [4.78, 5) is 4.57. The normalized spacial score (nSPS) is 21.5. The van der Waals surface area contributed by atoms with Gasteiger partial charge in [0, 0.05) is 32.2 Å². The highest BCUT2D eigenvalue weighted by Crippen LogP contribution is 2.08. The van der Waals surface area contributed by atoms with Crippen LogP contribution in [0.2, 0.25) is 0 Å². The number of thiocarbonyl (C=S) groups is 1. The Balaban J connectivity index is 2.34. The number of hydrogen-bond donors (Lipinski definition) is 1. The van der Waals surface area contributed by atoms with Gasteiger partial charge in [0.15, 0.2) is 5.11 Å². The molecule has 1 heterocycles. The minimum atomic E-state index is 0.545. The van der Waals surface area contributed by atoms with E-state index < -0.39 is 0 Å². The highest BCUT2D eigenvalue weighted by molar-refractivity contribution is 7.80. The monoisotopic (exact) mass is 201 g/mol. The molecular weight excluding hydrogens is 182 g/mol. The third-order valence-electron chi connectivity index (χ3n) is 2.84. The highest BCUT2D eigenvalue weighted by Gasteiger charge is 2.19. The summed E-state index contributed by atoms with van der Waals surface area (Å²) in [5.41, 5.74) is 5.56. The smallest absolute Gasteiger partial charge is 0.166 e. The highest BCUT2D eigenvalue weighted by atomic mass is 32.1. The van der Waals surface area contributed by atoms with Crippen molar-refractivity contribution in [3.63, 3.8) is 0 Å². The molecule has 1 atom stereocenters. The second kappa shape index (κ2) is 4.77. The second-order valence-corrected chi connectivity index (χ2v) is 4.04. The predicted molar refractivity (Wildman–Crippen MR) is 59.7 cm³/mol. The molecule has 0 aromatic heterocycles. The van der Waals surface area contributed by atoms with Crippen LogP contribution in [-0.2, 0) is 0 Å². The zero-order valence-electron chi connectivity index (χ0n) is 8.49. The second-order valence-electron chi connectivity index (χ2n) is 3.62. The molecule has 1 saturated heterocycles. The topological polar surface area (TPSA) is 32.5 Å². The maximum Gasteiger partial charge on any atom is 0.166 e. The van der Waals surface area contributed by atoms with E-state index in [-0.39, 0.29) is 0 Å². The molecule has 0 spiro atoms. The van der Waals surface area contributed by atoms with Crippen molar-refractivity contribution in [2.75, 3.05) is 26.2 Å². The molecule has 0 aliphatic carbocycles. The summed E-state index contributed by atoms with van der Waals surface area (Å²) in [5.74, 6) is 0. The van der Waals surface area contributed by atoms with Crippen molar-refractivity contribution in [2.24, 2.45) is 5.73 Å². The van der Waals surface area contributed by atoms with Crippen LogP contribution in [0.15, 0.2) is 0 Å². The third kappa shape index (κ3) is 2.81. The zero-order chi connectivity index (χ0) is 9.84. The Morgan fingerprint density at radius 3 is 2.31 bits per heavy atom. The van der Waals surface area contributed by atoms with Gasteiger partial charge in [0.1, 0.15) is 0 Å². The van der Waals surface area contributed by atoms with Gasteiger partial charge in [0.2, 0.25) is 0 Å². The van der Waals surface area contributed by atoms with Crippen LogP contribution in [0.3, 0.4) is 0 Å². The van der Waals surface area contributed by atoms with Crippen LogP contribution < -0.4 is 5.73 Å². The number of nitrogens with two attached hydrogens (primary N) is 1. The fraction of sp³-hybridized carbons (Fsp3) is 0.889. The quantitative estimate of drug-likeness (QED) is 0.665. The van der Waals surface area contributed by atoms with Crippen LogP contribution in [0.1, 0.15) is 20.3 Å². The molecule has 0 radical (unpaired) electrons. The van der Waals surface area contributed by atoms with Crippen LogP contribution in [0.4, 0.5) is 0 Å². The minimum absolute atomic E-state index is 0.545. The Morgan fingerprint density at radius 2 is 1.92 bits per heavy atom. The van der Waals surface area contributed by atoms with Gasteiger partial charge in [0.25, 0.3) is 0 Å². The fourth-order valence-electron chi connectivity index (χ4n) is 1.64. The van der Waals surface area contributed by atoms with Gasteiger partial charge in [-0.3, -0.25) is 4.90 Å². The van der Waals surface area contributed by atoms with Gasteiger partial charge in [0.05, 0.1) is 0 Å². The van der Waals surface area contributed by atoms with E-state index in [9.17, 15) is 0 Å². The first-order valence-corrected chi connectivity index (χ1v) is 5.34. The summed E-state index contributed by atoms with van der Waals surface area (Å²) in [6.45, 7) is 8.65. The molecule has 1 aliphatic heterocycles. The number of nitrogens with zero attached hydrogens (tertiary/aromatic N) is 2. The Hall–Kier alpha value is -0.350. The van der Waals surface area contributed by atoms with E-state index in [2.05, 4.69) is 23.6 Å².